The number of hydrogen-bond acceptors (Lipinski definition) is 6. The molecule has 2 saturated carbocycles. The summed E-state index contributed by atoms with van der Waals surface area (Å²) in [7, 11) is 0. The van der Waals surface area contributed by atoms with Gasteiger partial charge in [0.05, 0.1) is 18.2 Å². The lowest BCUT2D eigenvalue weighted by molar-refractivity contribution is -0.154. The minimum atomic E-state index is -0.332. The highest BCUT2D eigenvalue weighted by Crippen LogP contribution is 2.44. The highest BCUT2D eigenvalue weighted by Gasteiger charge is 2.45. The highest BCUT2D eigenvalue weighted by molar-refractivity contribution is 6.08. The molecule has 7 heteroatoms. The summed E-state index contributed by atoms with van der Waals surface area (Å²) in [5.41, 5.74) is 1.96. The van der Waals surface area contributed by atoms with E-state index in [4.69, 9.17) is 18.7 Å². The van der Waals surface area contributed by atoms with E-state index in [9.17, 15) is 9.59 Å². The fourth-order valence-electron chi connectivity index (χ4n) is 5.21. The van der Waals surface area contributed by atoms with Gasteiger partial charge in [-0.25, -0.2) is 5.01 Å². The van der Waals surface area contributed by atoms with Crippen LogP contribution in [-0.2, 0) is 14.3 Å². The lowest BCUT2D eigenvalue weighted by Gasteiger charge is -2.27. The molecular formula is C25H28N2O5. The average Bonchev–Trinajstić information content (AvgIpc) is 3.59. The third kappa shape index (κ3) is 4.29. The summed E-state index contributed by atoms with van der Waals surface area (Å²) in [5, 5.41) is 6.19. The van der Waals surface area contributed by atoms with Gasteiger partial charge < -0.3 is 13.6 Å². The lowest BCUT2D eigenvalue weighted by Crippen LogP contribution is -2.34. The Morgan fingerprint density at radius 2 is 1.91 bits per heavy atom. The maximum absolute atomic E-state index is 13.1. The molecule has 3 aliphatic rings. The van der Waals surface area contributed by atoms with Gasteiger partial charge in [0.2, 0.25) is 0 Å². The van der Waals surface area contributed by atoms with Crippen LogP contribution in [-0.4, -0.2) is 29.2 Å². The molecule has 2 aromatic rings. The van der Waals surface area contributed by atoms with Gasteiger partial charge in [-0.15, -0.1) is 0 Å². The summed E-state index contributed by atoms with van der Waals surface area (Å²) < 4.78 is 16.5. The smallest absolute Gasteiger partial charge is 0.306 e. The van der Waals surface area contributed by atoms with Gasteiger partial charge in [0.15, 0.2) is 6.61 Å². The fourth-order valence-corrected chi connectivity index (χ4v) is 5.21. The van der Waals surface area contributed by atoms with Gasteiger partial charge in [-0.1, -0.05) is 12.8 Å². The monoisotopic (exact) mass is 436 g/mol. The van der Waals surface area contributed by atoms with Crippen molar-refractivity contribution in [3.8, 4) is 0 Å². The van der Waals surface area contributed by atoms with E-state index in [-0.39, 0.29) is 30.4 Å². The van der Waals surface area contributed by atoms with E-state index >= 15 is 0 Å². The molecule has 0 bridgehead atoms. The molecule has 2 unspecified atom stereocenters. The summed E-state index contributed by atoms with van der Waals surface area (Å²) in [5.74, 6) is 1.25. The normalized spacial score (nSPS) is 24.6. The Morgan fingerprint density at radius 3 is 2.66 bits per heavy atom. The standard InChI is InChI=1S/C25H28N2O5/c28-22(16-32-23(29)14-17-6-1-2-7-17)27-25(21-11-5-13-31-21)20-10-3-8-18(24(20)26-27)15-19-9-4-12-30-19/h4-5,9,11-13,15,17,20,25H,1-3,6-8,10,14,16H2. The largest absolute Gasteiger partial charge is 0.467 e. The van der Waals surface area contributed by atoms with Crippen LogP contribution in [0.15, 0.2) is 56.3 Å². The molecule has 2 aromatic heterocycles. The van der Waals surface area contributed by atoms with Crippen molar-refractivity contribution in [2.24, 2.45) is 16.9 Å². The number of carbonyl (C=O) groups is 2. The van der Waals surface area contributed by atoms with Crippen LogP contribution >= 0.6 is 0 Å². The van der Waals surface area contributed by atoms with Crippen LogP contribution in [0, 0.1) is 11.8 Å². The van der Waals surface area contributed by atoms with E-state index in [1.54, 1.807) is 12.5 Å². The van der Waals surface area contributed by atoms with Crippen LogP contribution < -0.4 is 0 Å². The second-order valence-electron chi connectivity index (χ2n) is 8.88. The summed E-state index contributed by atoms with van der Waals surface area (Å²) in [4.78, 5) is 25.4. The molecule has 1 amide bonds. The number of furan rings is 2. The number of hydrazone groups is 1. The summed E-state index contributed by atoms with van der Waals surface area (Å²) >= 11 is 0. The molecule has 3 heterocycles. The van der Waals surface area contributed by atoms with Gasteiger partial charge in [-0.3, -0.25) is 9.59 Å². The number of fused-ring (bicyclic) bond motifs is 1. The van der Waals surface area contributed by atoms with E-state index < -0.39 is 0 Å². The van der Waals surface area contributed by atoms with Crippen molar-refractivity contribution in [1.29, 1.82) is 0 Å². The molecule has 0 aromatic carbocycles. The fraction of sp³-hybridized carbons (Fsp3) is 0.480. The van der Waals surface area contributed by atoms with Gasteiger partial charge in [0, 0.05) is 12.3 Å². The third-order valence-electron chi connectivity index (χ3n) is 6.74. The Balaban J connectivity index is 1.34. The van der Waals surface area contributed by atoms with Crippen LogP contribution in [0.1, 0.15) is 68.9 Å². The van der Waals surface area contributed by atoms with E-state index in [0.29, 0.717) is 18.1 Å². The van der Waals surface area contributed by atoms with Crippen molar-refractivity contribution in [2.45, 2.75) is 57.4 Å². The lowest BCUT2D eigenvalue weighted by atomic mass is 9.79. The quantitative estimate of drug-likeness (QED) is 0.587. The number of carbonyl (C=O) groups excluding carboxylic acids is 2. The highest BCUT2D eigenvalue weighted by atomic mass is 16.5. The number of ether oxygens (including phenoxy) is 1. The van der Waals surface area contributed by atoms with Gasteiger partial charge in [0.1, 0.15) is 17.6 Å². The number of amides is 1. The summed E-state index contributed by atoms with van der Waals surface area (Å²) in [6.07, 6.45) is 12.9. The van der Waals surface area contributed by atoms with Crippen molar-refractivity contribution < 1.29 is 23.2 Å². The second-order valence-corrected chi connectivity index (χ2v) is 8.88. The number of allylic oxidation sites excluding steroid dienone is 1. The van der Waals surface area contributed by atoms with Crippen molar-refractivity contribution in [2.75, 3.05) is 6.61 Å². The zero-order valence-electron chi connectivity index (χ0n) is 18.1. The molecule has 2 atom stereocenters. The Kier molecular flexibility index (Phi) is 5.97. The molecule has 168 valence electrons. The van der Waals surface area contributed by atoms with Crippen LogP contribution in [0.3, 0.4) is 0 Å². The topological polar surface area (TPSA) is 85.3 Å². The van der Waals surface area contributed by atoms with Crippen molar-refractivity contribution >= 4 is 23.7 Å². The Hall–Kier alpha value is -3.09. The molecule has 2 aliphatic carbocycles. The maximum Gasteiger partial charge on any atom is 0.306 e. The molecule has 0 N–H and O–H groups in total. The summed E-state index contributed by atoms with van der Waals surface area (Å²) in [6, 6.07) is 7.12. The zero-order valence-corrected chi connectivity index (χ0v) is 18.1. The molecule has 1 aliphatic heterocycles. The molecule has 5 rings (SSSR count). The predicted molar refractivity (Wildman–Crippen MR) is 117 cm³/mol. The van der Waals surface area contributed by atoms with E-state index in [1.165, 1.54) is 17.9 Å². The second kappa shape index (κ2) is 9.18. The third-order valence-corrected chi connectivity index (χ3v) is 6.74. The van der Waals surface area contributed by atoms with E-state index in [0.717, 1.165) is 49.1 Å². The number of nitrogens with zero attached hydrogens (tertiary/aromatic N) is 2. The first kappa shape index (κ1) is 20.8. The molecule has 0 radical (unpaired) electrons. The first-order valence-corrected chi connectivity index (χ1v) is 11.5. The van der Waals surface area contributed by atoms with Crippen LogP contribution in [0.5, 0.6) is 0 Å². The first-order valence-electron chi connectivity index (χ1n) is 11.5. The maximum atomic E-state index is 13.1. The minimum absolute atomic E-state index is 0.0363. The van der Waals surface area contributed by atoms with Crippen molar-refractivity contribution in [1.82, 2.24) is 5.01 Å². The summed E-state index contributed by atoms with van der Waals surface area (Å²) in [6.45, 7) is -0.302. The number of hydrogen-bond donors (Lipinski definition) is 0. The average molecular weight is 437 g/mol. The predicted octanol–water partition coefficient (Wildman–Crippen LogP) is 5.12. The van der Waals surface area contributed by atoms with Crippen molar-refractivity contribution in [3.63, 3.8) is 0 Å². The van der Waals surface area contributed by atoms with E-state index in [2.05, 4.69) is 0 Å². The molecule has 0 saturated heterocycles. The van der Waals surface area contributed by atoms with Gasteiger partial charge in [-0.05, 0) is 73.9 Å². The number of esters is 1. The Bertz CT molecular complexity index is 999. The van der Waals surface area contributed by atoms with E-state index in [1.807, 2.05) is 30.3 Å². The Labute approximate surface area is 187 Å². The van der Waals surface area contributed by atoms with Gasteiger partial charge in [-0.2, -0.15) is 5.10 Å². The van der Waals surface area contributed by atoms with Crippen LogP contribution in [0.25, 0.3) is 6.08 Å². The SMILES string of the molecule is O=C(CC1CCCC1)OCC(=O)N1N=C2C(=Cc3ccco3)CCCC2C1c1ccco1. The molecular weight excluding hydrogens is 408 g/mol. The Morgan fingerprint density at radius 1 is 1.09 bits per heavy atom. The van der Waals surface area contributed by atoms with Crippen LogP contribution in [0.2, 0.25) is 0 Å². The van der Waals surface area contributed by atoms with Gasteiger partial charge >= 0.3 is 5.97 Å². The zero-order chi connectivity index (χ0) is 21.9. The van der Waals surface area contributed by atoms with Crippen LogP contribution in [0.4, 0.5) is 0 Å². The number of rotatable bonds is 6. The van der Waals surface area contributed by atoms with Gasteiger partial charge in [0.25, 0.3) is 5.91 Å². The molecule has 2 fully saturated rings. The minimum Gasteiger partial charge on any atom is -0.467 e. The molecule has 32 heavy (non-hydrogen) atoms. The first-order chi connectivity index (χ1) is 15.7. The van der Waals surface area contributed by atoms with Crippen molar-refractivity contribution in [3.05, 3.63) is 53.9 Å². The molecule has 7 nitrogen and oxygen atoms in total. The molecule has 0 spiro atoms.